The minimum atomic E-state index is 0.128. The van der Waals surface area contributed by atoms with Gasteiger partial charge in [-0.15, -0.1) is 0 Å². The molecule has 3 aromatic carbocycles. The molecule has 1 aliphatic rings. The standard InChI is InChI=1S/C23H21NOS/c1-3-24(4-2)18-12-9-16(10-13-18)15-21-22(25)20-14-11-17-7-5-6-8-19(17)23(20)26-21/h5-15H,3-4H2,1-2H3. The number of carbonyl (C=O) groups is 1. The van der Waals surface area contributed by atoms with Gasteiger partial charge in [-0.3, -0.25) is 4.79 Å². The van der Waals surface area contributed by atoms with Crippen LogP contribution in [0.1, 0.15) is 29.8 Å². The zero-order chi connectivity index (χ0) is 18.1. The van der Waals surface area contributed by atoms with Crippen molar-refractivity contribution in [2.45, 2.75) is 18.7 Å². The first-order valence-corrected chi connectivity index (χ1v) is 9.84. The molecule has 2 nitrogen and oxygen atoms in total. The van der Waals surface area contributed by atoms with E-state index in [0.717, 1.165) is 39.4 Å². The fraction of sp³-hybridized carbons (Fsp3) is 0.174. The number of fused-ring (bicyclic) bond motifs is 3. The van der Waals surface area contributed by atoms with Crippen LogP contribution in [0.5, 0.6) is 0 Å². The van der Waals surface area contributed by atoms with Gasteiger partial charge in [-0.25, -0.2) is 0 Å². The van der Waals surface area contributed by atoms with E-state index in [1.54, 1.807) is 11.8 Å². The highest BCUT2D eigenvalue weighted by atomic mass is 32.2. The number of ketones is 1. The van der Waals surface area contributed by atoms with Gasteiger partial charge in [0.2, 0.25) is 5.78 Å². The van der Waals surface area contributed by atoms with Crippen molar-refractivity contribution in [2.24, 2.45) is 0 Å². The van der Waals surface area contributed by atoms with Crippen molar-refractivity contribution >= 4 is 40.1 Å². The molecular weight excluding hydrogens is 338 g/mol. The number of thioether (sulfide) groups is 1. The summed E-state index contributed by atoms with van der Waals surface area (Å²) < 4.78 is 0. The van der Waals surface area contributed by atoms with E-state index in [2.05, 4.69) is 55.1 Å². The van der Waals surface area contributed by atoms with Crippen LogP contribution in [0.4, 0.5) is 5.69 Å². The Morgan fingerprint density at radius 2 is 1.65 bits per heavy atom. The first-order chi connectivity index (χ1) is 12.7. The van der Waals surface area contributed by atoms with Crippen molar-refractivity contribution in [1.29, 1.82) is 0 Å². The molecule has 3 aromatic rings. The molecule has 0 atom stereocenters. The van der Waals surface area contributed by atoms with E-state index in [1.165, 1.54) is 11.1 Å². The van der Waals surface area contributed by atoms with Gasteiger partial charge in [-0.05, 0) is 54.5 Å². The second-order valence-corrected chi connectivity index (χ2v) is 7.42. The SMILES string of the molecule is CCN(CC)c1ccc(C=C2Sc3c(ccc4ccccc34)C2=O)cc1. The predicted octanol–water partition coefficient (Wildman–Crippen LogP) is 6.02. The topological polar surface area (TPSA) is 20.3 Å². The fourth-order valence-corrected chi connectivity index (χ4v) is 4.62. The molecule has 0 unspecified atom stereocenters. The lowest BCUT2D eigenvalue weighted by Gasteiger charge is -2.20. The highest BCUT2D eigenvalue weighted by molar-refractivity contribution is 8.05. The molecule has 130 valence electrons. The number of benzene rings is 3. The molecule has 4 rings (SSSR count). The maximum atomic E-state index is 12.8. The van der Waals surface area contributed by atoms with E-state index in [-0.39, 0.29) is 5.78 Å². The summed E-state index contributed by atoms with van der Waals surface area (Å²) in [4.78, 5) is 17.0. The summed E-state index contributed by atoms with van der Waals surface area (Å²) in [5.74, 6) is 0.128. The summed E-state index contributed by atoms with van der Waals surface area (Å²) in [6.45, 7) is 6.31. The van der Waals surface area contributed by atoms with Crippen LogP contribution in [-0.2, 0) is 0 Å². The second-order valence-electron chi connectivity index (χ2n) is 6.37. The van der Waals surface area contributed by atoms with Gasteiger partial charge < -0.3 is 4.90 Å². The maximum Gasteiger partial charge on any atom is 0.200 e. The van der Waals surface area contributed by atoms with E-state index in [4.69, 9.17) is 0 Å². The van der Waals surface area contributed by atoms with E-state index in [1.807, 2.05) is 30.3 Å². The molecule has 0 amide bonds. The van der Waals surface area contributed by atoms with Gasteiger partial charge in [0.15, 0.2) is 0 Å². The summed E-state index contributed by atoms with van der Waals surface area (Å²) in [6.07, 6.45) is 2.01. The third-order valence-corrected chi connectivity index (χ3v) is 6.05. The van der Waals surface area contributed by atoms with Gasteiger partial charge in [-0.2, -0.15) is 0 Å². The average molecular weight is 359 g/mol. The van der Waals surface area contributed by atoms with E-state index < -0.39 is 0 Å². The zero-order valence-corrected chi connectivity index (χ0v) is 15.8. The van der Waals surface area contributed by atoms with Crippen LogP contribution in [0, 0.1) is 0 Å². The molecule has 1 aliphatic heterocycles. The predicted molar refractivity (Wildman–Crippen MR) is 112 cm³/mol. The maximum absolute atomic E-state index is 12.8. The largest absolute Gasteiger partial charge is 0.372 e. The van der Waals surface area contributed by atoms with Crippen LogP contribution < -0.4 is 4.90 Å². The number of rotatable bonds is 4. The summed E-state index contributed by atoms with van der Waals surface area (Å²) in [6, 6.07) is 20.7. The van der Waals surface area contributed by atoms with Gasteiger partial charge in [0, 0.05) is 29.2 Å². The molecule has 0 fully saturated rings. The second kappa shape index (κ2) is 7.00. The molecule has 0 saturated heterocycles. The van der Waals surface area contributed by atoms with Crippen LogP contribution in [-0.4, -0.2) is 18.9 Å². The minimum Gasteiger partial charge on any atom is -0.372 e. The van der Waals surface area contributed by atoms with Crippen molar-refractivity contribution in [1.82, 2.24) is 0 Å². The Kier molecular flexibility index (Phi) is 4.56. The molecular formula is C23H21NOS. The molecule has 0 aromatic heterocycles. The molecule has 0 aliphatic carbocycles. The van der Waals surface area contributed by atoms with Crippen molar-refractivity contribution in [3.8, 4) is 0 Å². The van der Waals surface area contributed by atoms with E-state index >= 15 is 0 Å². The first-order valence-electron chi connectivity index (χ1n) is 9.02. The lowest BCUT2D eigenvalue weighted by Crippen LogP contribution is -2.21. The van der Waals surface area contributed by atoms with Gasteiger partial charge in [0.1, 0.15) is 0 Å². The van der Waals surface area contributed by atoms with E-state index in [0.29, 0.717) is 0 Å². The Morgan fingerprint density at radius 3 is 2.38 bits per heavy atom. The molecule has 0 spiro atoms. The van der Waals surface area contributed by atoms with Crippen LogP contribution in [0.25, 0.3) is 16.8 Å². The average Bonchev–Trinajstić information content (AvgIpc) is 3.00. The monoisotopic (exact) mass is 359 g/mol. The molecule has 0 saturated carbocycles. The third kappa shape index (κ3) is 2.93. The number of allylic oxidation sites excluding steroid dienone is 1. The lowest BCUT2D eigenvalue weighted by molar-refractivity contribution is 0.104. The Hall–Kier alpha value is -2.52. The van der Waals surface area contributed by atoms with Crippen LogP contribution in [0.15, 0.2) is 70.5 Å². The van der Waals surface area contributed by atoms with Crippen molar-refractivity contribution < 1.29 is 4.79 Å². The number of anilines is 1. The molecule has 1 heterocycles. The molecule has 26 heavy (non-hydrogen) atoms. The Labute approximate surface area is 158 Å². The Balaban J connectivity index is 1.66. The van der Waals surface area contributed by atoms with Gasteiger partial charge >= 0.3 is 0 Å². The molecule has 3 heteroatoms. The van der Waals surface area contributed by atoms with Gasteiger partial charge in [-0.1, -0.05) is 54.2 Å². The summed E-state index contributed by atoms with van der Waals surface area (Å²) >= 11 is 1.59. The Bertz CT molecular complexity index is 1000. The summed E-state index contributed by atoms with van der Waals surface area (Å²) in [5.41, 5.74) is 3.10. The third-order valence-electron chi connectivity index (χ3n) is 4.88. The zero-order valence-electron chi connectivity index (χ0n) is 15.0. The molecule has 0 N–H and O–H groups in total. The number of hydrogen-bond donors (Lipinski definition) is 0. The Morgan fingerprint density at radius 1 is 0.923 bits per heavy atom. The van der Waals surface area contributed by atoms with E-state index in [9.17, 15) is 4.79 Å². The number of nitrogens with zero attached hydrogens (tertiary/aromatic N) is 1. The highest BCUT2D eigenvalue weighted by Gasteiger charge is 2.27. The first kappa shape index (κ1) is 16.9. The van der Waals surface area contributed by atoms with Crippen LogP contribution in [0.2, 0.25) is 0 Å². The minimum absolute atomic E-state index is 0.128. The molecule has 0 radical (unpaired) electrons. The highest BCUT2D eigenvalue weighted by Crippen LogP contribution is 2.44. The fourth-order valence-electron chi connectivity index (χ4n) is 3.44. The van der Waals surface area contributed by atoms with Gasteiger partial charge in [0.05, 0.1) is 4.91 Å². The van der Waals surface area contributed by atoms with Crippen molar-refractivity contribution in [2.75, 3.05) is 18.0 Å². The summed E-state index contributed by atoms with van der Waals surface area (Å²) in [5, 5.41) is 2.33. The van der Waals surface area contributed by atoms with Gasteiger partial charge in [0.25, 0.3) is 0 Å². The number of hydrogen-bond acceptors (Lipinski definition) is 3. The number of Topliss-reactive ketones (excluding diaryl/α,β-unsaturated/α-hetero) is 1. The summed E-state index contributed by atoms with van der Waals surface area (Å²) in [7, 11) is 0. The van der Waals surface area contributed by atoms with Crippen molar-refractivity contribution in [3.05, 3.63) is 76.7 Å². The lowest BCUT2D eigenvalue weighted by atomic mass is 10.0. The molecule has 0 bridgehead atoms. The smallest absolute Gasteiger partial charge is 0.200 e. The number of carbonyl (C=O) groups excluding carboxylic acids is 1. The van der Waals surface area contributed by atoms with Crippen LogP contribution in [0.3, 0.4) is 0 Å². The quantitative estimate of drug-likeness (QED) is 0.532. The van der Waals surface area contributed by atoms with Crippen LogP contribution >= 0.6 is 11.8 Å². The normalized spacial score (nSPS) is 14.8. The van der Waals surface area contributed by atoms with Crippen molar-refractivity contribution in [3.63, 3.8) is 0 Å².